The number of imidazole rings is 1. The number of pyridine rings is 1. The van der Waals surface area contributed by atoms with Gasteiger partial charge in [-0.25, -0.2) is 4.98 Å². The molecule has 0 atom stereocenters. The average Bonchev–Trinajstić information content (AvgIpc) is 2.77. The molecular weight excluding hydrogens is 202 g/mol. The van der Waals surface area contributed by atoms with Gasteiger partial charge in [0.15, 0.2) is 0 Å². The predicted octanol–water partition coefficient (Wildman–Crippen LogP) is 1.15. The lowest BCUT2D eigenvalue weighted by Crippen LogP contribution is -2.26. The van der Waals surface area contributed by atoms with Crippen molar-refractivity contribution in [3.63, 3.8) is 0 Å². The molecule has 0 spiro atoms. The molecule has 0 aliphatic rings. The summed E-state index contributed by atoms with van der Waals surface area (Å²) in [6.45, 7) is 4.79. The van der Waals surface area contributed by atoms with Gasteiger partial charge in [0.25, 0.3) is 0 Å². The van der Waals surface area contributed by atoms with E-state index in [4.69, 9.17) is 5.11 Å². The van der Waals surface area contributed by atoms with Crippen molar-refractivity contribution < 1.29 is 5.11 Å². The normalized spacial score (nSPS) is 11.4. The van der Waals surface area contributed by atoms with Gasteiger partial charge in [-0.15, -0.1) is 0 Å². The van der Waals surface area contributed by atoms with Crippen LogP contribution >= 0.6 is 0 Å². The second-order valence-electron chi connectivity index (χ2n) is 3.76. The van der Waals surface area contributed by atoms with Gasteiger partial charge < -0.3 is 9.51 Å². The van der Waals surface area contributed by atoms with Gasteiger partial charge in [0.1, 0.15) is 5.65 Å². The second-order valence-corrected chi connectivity index (χ2v) is 3.76. The fourth-order valence-electron chi connectivity index (χ4n) is 1.86. The van der Waals surface area contributed by atoms with Crippen LogP contribution in [0.5, 0.6) is 0 Å². The third-order valence-electron chi connectivity index (χ3n) is 2.76. The fraction of sp³-hybridized carbons (Fsp3) is 0.417. The van der Waals surface area contributed by atoms with Crippen LogP contribution < -0.4 is 0 Å². The van der Waals surface area contributed by atoms with E-state index in [9.17, 15) is 0 Å². The van der Waals surface area contributed by atoms with E-state index in [0.717, 1.165) is 18.7 Å². The molecule has 16 heavy (non-hydrogen) atoms. The van der Waals surface area contributed by atoms with E-state index < -0.39 is 0 Å². The zero-order valence-corrected chi connectivity index (χ0v) is 9.50. The highest BCUT2D eigenvalue weighted by Crippen LogP contribution is 2.08. The number of aromatic nitrogens is 2. The Morgan fingerprint density at radius 3 is 3.06 bits per heavy atom. The SMILES string of the molecule is CCN(CCO)Cc1cccc2nccn12. The molecule has 0 amide bonds. The zero-order chi connectivity index (χ0) is 11.4. The summed E-state index contributed by atoms with van der Waals surface area (Å²) in [6, 6.07) is 6.10. The fourth-order valence-corrected chi connectivity index (χ4v) is 1.86. The maximum absolute atomic E-state index is 8.96. The first-order valence-electron chi connectivity index (χ1n) is 5.59. The molecule has 0 bridgehead atoms. The maximum atomic E-state index is 8.96. The molecule has 0 aliphatic carbocycles. The highest BCUT2D eigenvalue weighted by molar-refractivity contribution is 5.39. The summed E-state index contributed by atoms with van der Waals surface area (Å²) in [7, 11) is 0. The highest BCUT2D eigenvalue weighted by Gasteiger charge is 2.05. The molecule has 0 saturated heterocycles. The number of hydrogen-bond acceptors (Lipinski definition) is 3. The van der Waals surface area contributed by atoms with Crippen LogP contribution in [0.4, 0.5) is 0 Å². The number of nitrogens with zero attached hydrogens (tertiary/aromatic N) is 3. The number of fused-ring (bicyclic) bond motifs is 1. The Balaban J connectivity index is 2.22. The minimum Gasteiger partial charge on any atom is -0.395 e. The molecule has 2 aromatic rings. The van der Waals surface area contributed by atoms with E-state index in [1.54, 1.807) is 6.20 Å². The number of likely N-dealkylation sites (N-methyl/N-ethyl adjacent to an activating group) is 1. The van der Waals surface area contributed by atoms with Crippen molar-refractivity contribution in [1.29, 1.82) is 0 Å². The zero-order valence-electron chi connectivity index (χ0n) is 9.50. The van der Waals surface area contributed by atoms with Crippen molar-refractivity contribution in [1.82, 2.24) is 14.3 Å². The summed E-state index contributed by atoms with van der Waals surface area (Å²) >= 11 is 0. The molecule has 0 radical (unpaired) electrons. The van der Waals surface area contributed by atoms with Crippen molar-refractivity contribution in [2.75, 3.05) is 19.7 Å². The van der Waals surface area contributed by atoms with Crippen LogP contribution in [0, 0.1) is 0 Å². The molecule has 0 fully saturated rings. The van der Waals surface area contributed by atoms with Gasteiger partial charge in [-0.2, -0.15) is 0 Å². The molecule has 0 saturated carbocycles. The van der Waals surface area contributed by atoms with Crippen LogP contribution in [0.15, 0.2) is 30.6 Å². The van der Waals surface area contributed by atoms with Gasteiger partial charge >= 0.3 is 0 Å². The minimum atomic E-state index is 0.202. The highest BCUT2D eigenvalue weighted by atomic mass is 16.3. The molecule has 0 unspecified atom stereocenters. The minimum absolute atomic E-state index is 0.202. The molecule has 0 aromatic carbocycles. The van der Waals surface area contributed by atoms with Gasteiger partial charge in [-0.3, -0.25) is 4.90 Å². The van der Waals surface area contributed by atoms with Crippen LogP contribution in [0.2, 0.25) is 0 Å². The molecule has 4 nitrogen and oxygen atoms in total. The molecule has 0 aliphatic heterocycles. The van der Waals surface area contributed by atoms with E-state index in [2.05, 4.69) is 27.3 Å². The Bertz CT molecular complexity index is 452. The summed E-state index contributed by atoms with van der Waals surface area (Å²) in [5, 5.41) is 8.96. The van der Waals surface area contributed by atoms with Crippen molar-refractivity contribution >= 4 is 5.65 Å². The Labute approximate surface area is 95.1 Å². The van der Waals surface area contributed by atoms with Crippen molar-refractivity contribution in [2.24, 2.45) is 0 Å². The van der Waals surface area contributed by atoms with Gasteiger partial charge in [-0.05, 0) is 18.7 Å². The number of aliphatic hydroxyl groups excluding tert-OH is 1. The van der Waals surface area contributed by atoms with Crippen LogP contribution in [0.3, 0.4) is 0 Å². The molecule has 86 valence electrons. The van der Waals surface area contributed by atoms with Crippen molar-refractivity contribution in [3.8, 4) is 0 Å². The molecule has 1 N–H and O–H groups in total. The van der Waals surface area contributed by atoms with Crippen molar-refractivity contribution in [3.05, 3.63) is 36.3 Å². The Kier molecular flexibility index (Phi) is 3.54. The molecular formula is C12H17N3O. The first-order chi connectivity index (χ1) is 7.85. The number of hydrogen-bond donors (Lipinski definition) is 1. The summed E-state index contributed by atoms with van der Waals surface area (Å²) in [5.41, 5.74) is 2.17. The van der Waals surface area contributed by atoms with E-state index in [1.807, 2.05) is 18.3 Å². The standard InChI is InChI=1S/C12H17N3O/c1-2-14(8-9-16)10-11-4-3-5-12-13-6-7-15(11)12/h3-7,16H,2,8-10H2,1H3. The Hall–Kier alpha value is -1.39. The first kappa shape index (κ1) is 11.1. The summed E-state index contributed by atoms with van der Waals surface area (Å²) < 4.78 is 2.08. The average molecular weight is 219 g/mol. The lowest BCUT2D eigenvalue weighted by Gasteiger charge is -2.19. The predicted molar refractivity (Wildman–Crippen MR) is 63.2 cm³/mol. The second kappa shape index (κ2) is 5.09. The number of aliphatic hydroxyl groups is 1. The molecule has 4 heteroatoms. The lowest BCUT2D eigenvalue weighted by molar-refractivity contribution is 0.195. The van der Waals surface area contributed by atoms with Crippen molar-refractivity contribution in [2.45, 2.75) is 13.5 Å². The summed E-state index contributed by atoms with van der Waals surface area (Å²) in [6.07, 6.45) is 3.78. The monoisotopic (exact) mass is 219 g/mol. The lowest BCUT2D eigenvalue weighted by atomic mass is 10.3. The molecule has 2 rings (SSSR count). The maximum Gasteiger partial charge on any atom is 0.136 e. The smallest absolute Gasteiger partial charge is 0.136 e. The topological polar surface area (TPSA) is 40.8 Å². The van der Waals surface area contributed by atoms with E-state index >= 15 is 0 Å². The third kappa shape index (κ3) is 2.23. The van der Waals surface area contributed by atoms with Crippen LogP contribution in [0.1, 0.15) is 12.6 Å². The Morgan fingerprint density at radius 1 is 1.44 bits per heavy atom. The quantitative estimate of drug-likeness (QED) is 0.820. The Morgan fingerprint density at radius 2 is 2.31 bits per heavy atom. The van der Waals surface area contributed by atoms with Crippen LogP contribution in [-0.2, 0) is 6.54 Å². The van der Waals surface area contributed by atoms with Gasteiger partial charge in [0.05, 0.1) is 6.61 Å². The van der Waals surface area contributed by atoms with Gasteiger partial charge in [-0.1, -0.05) is 13.0 Å². The molecule has 2 heterocycles. The largest absolute Gasteiger partial charge is 0.395 e. The van der Waals surface area contributed by atoms with E-state index in [0.29, 0.717) is 6.54 Å². The molecule has 2 aromatic heterocycles. The van der Waals surface area contributed by atoms with Crippen LogP contribution in [-0.4, -0.2) is 39.1 Å². The van der Waals surface area contributed by atoms with Gasteiger partial charge in [0, 0.05) is 31.2 Å². The first-order valence-corrected chi connectivity index (χ1v) is 5.59. The van der Waals surface area contributed by atoms with Crippen LogP contribution in [0.25, 0.3) is 5.65 Å². The number of rotatable bonds is 5. The third-order valence-corrected chi connectivity index (χ3v) is 2.76. The summed E-state index contributed by atoms with van der Waals surface area (Å²) in [4.78, 5) is 6.46. The van der Waals surface area contributed by atoms with E-state index in [1.165, 1.54) is 5.69 Å². The van der Waals surface area contributed by atoms with E-state index in [-0.39, 0.29) is 6.61 Å². The summed E-state index contributed by atoms with van der Waals surface area (Å²) in [5.74, 6) is 0. The van der Waals surface area contributed by atoms with Gasteiger partial charge in [0.2, 0.25) is 0 Å².